The normalized spacial score (nSPS) is 10.6. The van der Waals surface area contributed by atoms with Crippen LogP contribution in [0.1, 0.15) is 37.1 Å². The number of nitrogens with two attached hydrogens (primary N) is 1. The molecule has 1 aromatic heterocycles. The van der Waals surface area contributed by atoms with Crippen LogP contribution in [0.5, 0.6) is 0 Å². The maximum Gasteiger partial charge on any atom is 0.360 e. The number of methoxy groups -OCH3 is 1. The van der Waals surface area contributed by atoms with Gasteiger partial charge in [0.2, 0.25) is 5.91 Å². The van der Waals surface area contributed by atoms with Gasteiger partial charge < -0.3 is 20.4 Å². The second kappa shape index (κ2) is 6.21. The number of nitrogens with zero attached hydrogens (tertiary/aromatic N) is 2. The zero-order valence-corrected chi connectivity index (χ0v) is 11.7. The number of hydrogen-bond donors (Lipinski definition) is 2. The molecule has 3 N–H and O–H groups in total. The van der Waals surface area contributed by atoms with Crippen LogP contribution in [0.25, 0.3) is 0 Å². The van der Waals surface area contributed by atoms with E-state index in [1.54, 1.807) is 0 Å². The molecule has 1 aromatic rings. The van der Waals surface area contributed by atoms with Gasteiger partial charge in [-0.05, 0) is 13.8 Å². The number of carbonyl (C=O) groups excluding carboxylic acids is 2. The molecular formula is C12H20N4O3. The average Bonchev–Trinajstić information content (AvgIpc) is 2.65. The first kappa shape index (κ1) is 15.0. The summed E-state index contributed by atoms with van der Waals surface area (Å²) >= 11 is 0. The van der Waals surface area contributed by atoms with Crippen LogP contribution in [-0.4, -0.2) is 34.6 Å². The van der Waals surface area contributed by atoms with E-state index in [1.165, 1.54) is 11.7 Å². The lowest BCUT2D eigenvalue weighted by Gasteiger charge is -2.11. The number of hydrogen-bond acceptors (Lipinski definition) is 5. The Morgan fingerprint density at radius 3 is 2.58 bits per heavy atom. The van der Waals surface area contributed by atoms with Crippen LogP contribution in [0, 0.1) is 0 Å². The number of imidazole rings is 1. The number of amides is 1. The van der Waals surface area contributed by atoms with Crippen molar-refractivity contribution in [3.05, 3.63) is 11.5 Å². The number of aromatic nitrogens is 2. The molecule has 0 aliphatic heterocycles. The summed E-state index contributed by atoms with van der Waals surface area (Å²) in [5, 5.41) is 2.76. The van der Waals surface area contributed by atoms with Crippen molar-refractivity contribution in [1.82, 2.24) is 14.9 Å². The number of nitrogens with one attached hydrogen (secondary N) is 1. The molecule has 19 heavy (non-hydrogen) atoms. The molecule has 1 heterocycles. The van der Waals surface area contributed by atoms with Gasteiger partial charge in [0.25, 0.3) is 0 Å². The summed E-state index contributed by atoms with van der Waals surface area (Å²) < 4.78 is 6.14. The fraction of sp³-hybridized carbons (Fsp3) is 0.583. The van der Waals surface area contributed by atoms with Gasteiger partial charge in [-0.1, -0.05) is 6.92 Å². The monoisotopic (exact) mass is 268 g/mol. The molecule has 0 bridgehead atoms. The van der Waals surface area contributed by atoms with Crippen LogP contribution >= 0.6 is 0 Å². The first-order valence-electron chi connectivity index (χ1n) is 6.13. The number of nitrogen functional groups attached to an aromatic ring is 1. The summed E-state index contributed by atoms with van der Waals surface area (Å²) in [5.74, 6) is -0.0418. The Bertz CT molecular complexity index is 480. The first-order valence-corrected chi connectivity index (χ1v) is 6.13. The van der Waals surface area contributed by atoms with E-state index < -0.39 is 5.97 Å². The molecule has 7 nitrogen and oxygen atoms in total. The van der Waals surface area contributed by atoms with Crippen LogP contribution < -0.4 is 11.1 Å². The molecule has 0 aliphatic rings. The average molecular weight is 268 g/mol. The molecule has 7 heteroatoms. The molecule has 0 saturated carbocycles. The number of aryl methyl sites for hydroxylation is 1. The van der Waals surface area contributed by atoms with Crippen molar-refractivity contribution in [2.24, 2.45) is 0 Å². The van der Waals surface area contributed by atoms with E-state index in [0.29, 0.717) is 12.2 Å². The van der Waals surface area contributed by atoms with Crippen LogP contribution in [0.3, 0.4) is 0 Å². The lowest BCUT2D eigenvalue weighted by atomic mass is 10.3. The molecule has 0 aliphatic carbocycles. The minimum absolute atomic E-state index is 0.0389. The van der Waals surface area contributed by atoms with Gasteiger partial charge in [0.1, 0.15) is 18.2 Å². The summed E-state index contributed by atoms with van der Waals surface area (Å²) in [4.78, 5) is 27.4. The predicted molar refractivity (Wildman–Crippen MR) is 70.6 cm³/mol. The molecule has 106 valence electrons. The fourth-order valence-corrected chi connectivity index (χ4v) is 1.72. The molecule has 1 amide bonds. The van der Waals surface area contributed by atoms with Gasteiger partial charge in [0, 0.05) is 12.5 Å². The van der Waals surface area contributed by atoms with Crippen LogP contribution in [0.2, 0.25) is 0 Å². The topological polar surface area (TPSA) is 99.2 Å². The summed E-state index contributed by atoms with van der Waals surface area (Å²) in [5.41, 5.74) is 5.91. The third-order valence-corrected chi connectivity index (χ3v) is 2.53. The molecule has 0 atom stereocenters. The highest BCUT2D eigenvalue weighted by atomic mass is 16.5. The summed E-state index contributed by atoms with van der Waals surface area (Å²) in [6.07, 6.45) is 0.566. The van der Waals surface area contributed by atoms with Crippen molar-refractivity contribution in [2.75, 3.05) is 12.8 Å². The molecule has 0 fully saturated rings. The lowest BCUT2D eigenvalue weighted by molar-refractivity contribution is -0.122. The van der Waals surface area contributed by atoms with Gasteiger partial charge in [-0.3, -0.25) is 4.79 Å². The maximum absolute atomic E-state index is 11.8. The van der Waals surface area contributed by atoms with E-state index in [-0.39, 0.29) is 30.0 Å². The van der Waals surface area contributed by atoms with E-state index >= 15 is 0 Å². The second-order valence-corrected chi connectivity index (χ2v) is 4.42. The lowest BCUT2D eigenvalue weighted by Crippen LogP contribution is -2.33. The molecule has 0 radical (unpaired) electrons. The highest BCUT2D eigenvalue weighted by molar-refractivity contribution is 5.92. The van der Waals surface area contributed by atoms with Crippen molar-refractivity contribution in [3.63, 3.8) is 0 Å². The van der Waals surface area contributed by atoms with Crippen molar-refractivity contribution in [2.45, 2.75) is 39.8 Å². The number of carbonyl (C=O) groups is 2. The largest absolute Gasteiger partial charge is 0.464 e. The third kappa shape index (κ3) is 3.46. The standard InChI is InChI=1S/C12H20N4O3/c1-5-8-15-10(12(18)19-4)11(13)16(8)6-9(17)14-7(2)3/h7H,5-6,13H2,1-4H3,(H,14,17). The highest BCUT2D eigenvalue weighted by Gasteiger charge is 2.21. The van der Waals surface area contributed by atoms with E-state index in [9.17, 15) is 9.59 Å². The van der Waals surface area contributed by atoms with Gasteiger partial charge in [-0.25, -0.2) is 9.78 Å². The van der Waals surface area contributed by atoms with Crippen molar-refractivity contribution in [3.8, 4) is 0 Å². The number of rotatable bonds is 5. The van der Waals surface area contributed by atoms with Gasteiger partial charge in [0.15, 0.2) is 5.69 Å². The zero-order valence-electron chi connectivity index (χ0n) is 11.7. The third-order valence-electron chi connectivity index (χ3n) is 2.53. The Balaban J connectivity index is 3.02. The van der Waals surface area contributed by atoms with Crippen molar-refractivity contribution in [1.29, 1.82) is 0 Å². The van der Waals surface area contributed by atoms with Crippen molar-refractivity contribution < 1.29 is 14.3 Å². The van der Waals surface area contributed by atoms with Gasteiger partial charge in [0.05, 0.1) is 7.11 Å². The Morgan fingerprint density at radius 1 is 1.47 bits per heavy atom. The minimum atomic E-state index is -0.602. The first-order chi connectivity index (χ1) is 8.90. The molecule has 0 saturated heterocycles. The highest BCUT2D eigenvalue weighted by Crippen LogP contribution is 2.16. The molecule has 1 rings (SSSR count). The van der Waals surface area contributed by atoms with Gasteiger partial charge >= 0.3 is 5.97 Å². The summed E-state index contributed by atoms with van der Waals surface area (Å²) in [6.45, 7) is 5.66. The predicted octanol–water partition coefficient (Wildman–Crippen LogP) is 0.339. The van der Waals surface area contributed by atoms with Gasteiger partial charge in [-0.2, -0.15) is 0 Å². The Hall–Kier alpha value is -2.05. The molecule has 0 aromatic carbocycles. The summed E-state index contributed by atoms with van der Waals surface area (Å²) in [7, 11) is 1.26. The number of anilines is 1. The minimum Gasteiger partial charge on any atom is -0.464 e. The maximum atomic E-state index is 11.8. The quantitative estimate of drug-likeness (QED) is 0.750. The zero-order chi connectivity index (χ0) is 14.6. The smallest absolute Gasteiger partial charge is 0.360 e. The van der Waals surface area contributed by atoms with Crippen LogP contribution in [0.4, 0.5) is 5.82 Å². The van der Waals surface area contributed by atoms with E-state index in [1.807, 2.05) is 20.8 Å². The summed E-state index contributed by atoms with van der Waals surface area (Å²) in [6, 6.07) is 0.0439. The second-order valence-electron chi connectivity index (χ2n) is 4.42. The molecule has 0 unspecified atom stereocenters. The van der Waals surface area contributed by atoms with Gasteiger partial charge in [-0.15, -0.1) is 0 Å². The van der Waals surface area contributed by atoms with E-state index in [2.05, 4.69) is 15.0 Å². The van der Waals surface area contributed by atoms with Crippen molar-refractivity contribution >= 4 is 17.7 Å². The van der Waals surface area contributed by atoms with E-state index in [0.717, 1.165) is 0 Å². The molecule has 0 spiro atoms. The molecular weight excluding hydrogens is 248 g/mol. The Labute approximate surface area is 112 Å². The van der Waals surface area contributed by atoms with Crippen LogP contribution in [-0.2, 0) is 22.5 Å². The number of esters is 1. The number of ether oxygens (including phenoxy) is 1. The Morgan fingerprint density at radius 2 is 2.11 bits per heavy atom. The van der Waals surface area contributed by atoms with E-state index in [4.69, 9.17) is 5.73 Å². The van der Waals surface area contributed by atoms with Crippen LogP contribution in [0.15, 0.2) is 0 Å². The fourth-order valence-electron chi connectivity index (χ4n) is 1.72. The SMILES string of the molecule is CCc1nc(C(=O)OC)c(N)n1CC(=O)NC(C)C. The Kier molecular flexibility index (Phi) is 4.91.